The molecule has 13 heteroatoms. The van der Waals surface area contributed by atoms with Gasteiger partial charge in [-0.25, -0.2) is 9.37 Å². The first-order valence-electron chi connectivity index (χ1n) is 13.1. The van der Waals surface area contributed by atoms with Crippen molar-refractivity contribution in [1.82, 2.24) is 15.6 Å². The third kappa shape index (κ3) is 6.13. The van der Waals surface area contributed by atoms with E-state index in [1.165, 1.54) is 37.4 Å². The van der Waals surface area contributed by atoms with Gasteiger partial charge in [0.05, 0.1) is 26.0 Å². The molecule has 42 heavy (non-hydrogen) atoms. The number of methoxy groups -OCH3 is 1. The molecule has 226 valence electrons. The fraction of sp³-hybridized carbons (Fsp3) is 0.379. The van der Waals surface area contributed by atoms with Crippen LogP contribution in [-0.4, -0.2) is 65.8 Å². The molecule has 0 radical (unpaired) electrons. The fourth-order valence-corrected chi connectivity index (χ4v) is 4.83. The second-order valence-electron chi connectivity index (χ2n) is 10.1. The number of benzene rings is 2. The van der Waals surface area contributed by atoms with Gasteiger partial charge in [0.1, 0.15) is 23.9 Å². The molecule has 5 N–H and O–H groups in total. The first kappa shape index (κ1) is 31.0. The van der Waals surface area contributed by atoms with Crippen molar-refractivity contribution in [3.8, 4) is 28.5 Å². The molecule has 0 aliphatic carbocycles. The van der Waals surface area contributed by atoms with Crippen molar-refractivity contribution >= 4 is 5.91 Å². The number of aliphatic hydroxyl groups is 2. The van der Waals surface area contributed by atoms with Crippen molar-refractivity contribution in [2.75, 3.05) is 33.4 Å². The van der Waals surface area contributed by atoms with Gasteiger partial charge in [-0.15, -0.1) is 0 Å². The van der Waals surface area contributed by atoms with Crippen LogP contribution in [0.15, 0.2) is 48.5 Å². The smallest absolute Gasteiger partial charge is 0.424 e. The largest absolute Gasteiger partial charge is 0.505 e. The van der Waals surface area contributed by atoms with Gasteiger partial charge in [-0.2, -0.15) is 13.2 Å². The fourth-order valence-electron chi connectivity index (χ4n) is 4.83. The first-order valence-corrected chi connectivity index (χ1v) is 13.1. The molecule has 2 aromatic carbocycles. The predicted octanol–water partition coefficient (Wildman–Crippen LogP) is 3.75. The number of hydrogen-bond donors (Lipinski definition) is 5. The van der Waals surface area contributed by atoms with Crippen LogP contribution in [0.1, 0.15) is 41.4 Å². The number of halogens is 4. The molecule has 1 aliphatic heterocycles. The Balaban J connectivity index is 1.75. The number of aliphatic hydroxyl groups excluding tert-OH is 1. The van der Waals surface area contributed by atoms with Gasteiger partial charge >= 0.3 is 6.18 Å². The highest BCUT2D eigenvalue weighted by molar-refractivity contribution is 5.95. The Labute approximate surface area is 239 Å². The number of aromatic nitrogens is 1. The van der Waals surface area contributed by atoms with E-state index in [0.717, 1.165) is 18.2 Å². The number of nitrogens with zero attached hydrogens (tertiary/aromatic N) is 1. The third-order valence-electron chi connectivity index (χ3n) is 7.25. The number of carbonyl (C=O) groups excluding carboxylic acids is 1. The van der Waals surface area contributed by atoms with Crippen LogP contribution in [0.2, 0.25) is 0 Å². The Morgan fingerprint density at radius 3 is 2.45 bits per heavy atom. The third-order valence-corrected chi connectivity index (χ3v) is 7.25. The minimum Gasteiger partial charge on any atom is -0.505 e. The number of amides is 1. The van der Waals surface area contributed by atoms with Crippen molar-refractivity contribution < 1.29 is 47.1 Å². The molecule has 1 fully saturated rings. The number of ether oxygens (including phenoxy) is 2. The van der Waals surface area contributed by atoms with Gasteiger partial charge in [0.2, 0.25) is 5.60 Å². The molecule has 1 saturated heterocycles. The van der Waals surface area contributed by atoms with E-state index in [9.17, 15) is 32.6 Å². The number of hydrogen-bond acceptors (Lipinski definition) is 8. The SMILES string of the molecule is COc1cc(C(=O)NCC(O)(c2cc(C3(C)CCCN3)c(O)c(-c3ccc(F)cc3)n2)C(F)(F)F)ccc1OCCO. The number of carbonyl (C=O) groups is 1. The maximum Gasteiger partial charge on any atom is 0.424 e. The van der Waals surface area contributed by atoms with E-state index in [4.69, 9.17) is 14.6 Å². The summed E-state index contributed by atoms with van der Waals surface area (Å²) in [5, 5.41) is 36.6. The molecule has 1 aliphatic rings. The van der Waals surface area contributed by atoms with Crippen LogP contribution < -0.4 is 20.1 Å². The minimum absolute atomic E-state index is 0.0450. The molecule has 1 amide bonds. The summed E-state index contributed by atoms with van der Waals surface area (Å²) in [4.78, 5) is 16.9. The Morgan fingerprint density at radius 2 is 1.86 bits per heavy atom. The van der Waals surface area contributed by atoms with E-state index in [0.29, 0.717) is 19.4 Å². The molecule has 1 aromatic heterocycles. The lowest BCUT2D eigenvalue weighted by atomic mass is 9.85. The van der Waals surface area contributed by atoms with Gasteiger partial charge in [-0.05, 0) is 74.8 Å². The van der Waals surface area contributed by atoms with Crippen LogP contribution in [0, 0.1) is 5.82 Å². The molecule has 4 rings (SSSR count). The van der Waals surface area contributed by atoms with Crippen molar-refractivity contribution in [3.63, 3.8) is 0 Å². The lowest BCUT2D eigenvalue weighted by molar-refractivity contribution is -0.265. The summed E-state index contributed by atoms with van der Waals surface area (Å²) in [5.41, 5.74) is -5.64. The molecule has 2 unspecified atom stereocenters. The van der Waals surface area contributed by atoms with E-state index in [1.807, 2.05) is 0 Å². The summed E-state index contributed by atoms with van der Waals surface area (Å²) >= 11 is 0. The van der Waals surface area contributed by atoms with E-state index < -0.39 is 47.0 Å². The summed E-state index contributed by atoms with van der Waals surface area (Å²) in [6.45, 7) is 0.628. The molecule has 3 aromatic rings. The van der Waals surface area contributed by atoms with Crippen LogP contribution in [0.25, 0.3) is 11.3 Å². The topological polar surface area (TPSA) is 133 Å². The van der Waals surface area contributed by atoms with Crippen molar-refractivity contribution in [2.45, 2.75) is 37.1 Å². The molecule has 2 heterocycles. The normalized spacial score (nSPS) is 18.4. The zero-order valence-corrected chi connectivity index (χ0v) is 22.9. The Kier molecular flexibility index (Phi) is 8.95. The molecular weight excluding hydrogens is 562 g/mol. The van der Waals surface area contributed by atoms with Gasteiger partial charge in [-0.1, -0.05) is 0 Å². The highest BCUT2D eigenvalue weighted by Gasteiger charge is 2.57. The van der Waals surface area contributed by atoms with Gasteiger partial charge in [0.25, 0.3) is 5.91 Å². The van der Waals surface area contributed by atoms with Crippen LogP contribution in [0.3, 0.4) is 0 Å². The number of nitrogens with one attached hydrogen (secondary N) is 2. The maximum atomic E-state index is 14.6. The monoisotopic (exact) mass is 593 g/mol. The second kappa shape index (κ2) is 12.1. The van der Waals surface area contributed by atoms with Crippen molar-refractivity contribution in [3.05, 3.63) is 71.2 Å². The Morgan fingerprint density at radius 1 is 1.14 bits per heavy atom. The summed E-state index contributed by atoms with van der Waals surface area (Å²) in [7, 11) is 1.30. The number of rotatable bonds is 10. The maximum absolute atomic E-state index is 14.6. The highest BCUT2D eigenvalue weighted by atomic mass is 19.4. The van der Waals surface area contributed by atoms with Crippen molar-refractivity contribution in [2.24, 2.45) is 0 Å². The number of pyridine rings is 1. The molecular formula is C29H31F4N3O6. The molecule has 2 atom stereocenters. The first-order chi connectivity index (χ1) is 19.8. The number of aromatic hydroxyl groups is 1. The Hall–Kier alpha value is -3.94. The highest BCUT2D eigenvalue weighted by Crippen LogP contribution is 2.45. The van der Waals surface area contributed by atoms with Gasteiger partial charge in [0, 0.05) is 22.2 Å². The van der Waals surface area contributed by atoms with Crippen LogP contribution in [0.4, 0.5) is 17.6 Å². The van der Waals surface area contributed by atoms with Crippen molar-refractivity contribution in [1.29, 1.82) is 0 Å². The van der Waals surface area contributed by atoms with E-state index in [2.05, 4.69) is 15.6 Å². The molecule has 0 saturated carbocycles. The molecule has 0 bridgehead atoms. The molecule has 9 nitrogen and oxygen atoms in total. The summed E-state index contributed by atoms with van der Waals surface area (Å²) in [6.07, 6.45) is -4.15. The zero-order chi connectivity index (χ0) is 30.7. The number of alkyl halides is 3. The van der Waals surface area contributed by atoms with Gasteiger partial charge in [-0.3, -0.25) is 4.79 Å². The standard InChI is InChI=1S/C29H31F4N3O6/c1-27(10-3-11-35-27)20-15-23(36-24(25(20)38)17-4-7-19(30)8-5-17)28(40,29(31,32)33)16-34-26(39)18-6-9-21(42-13-12-37)22(14-18)41-2/h4-9,14-15,35,37-38,40H,3,10-13,16H2,1-2H3,(H,34,39). The average molecular weight is 594 g/mol. The average Bonchev–Trinajstić information content (AvgIpc) is 3.41. The lowest BCUT2D eigenvalue weighted by Gasteiger charge is -2.33. The minimum atomic E-state index is -5.31. The van der Waals surface area contributed by atoms with E-state index in [-0.39, 0.29) is 47.1 Å². The van der Waals surface area contributed by atoms with Gasteiger partial charge < -0.3 is 35.4 Å². The molecule has 0 spiro atoms. The lowest BCUT2D eigenvalue weighted by Crippen LogP contribution is -2.51. The Bertz CT molecular complexity index is 1430. The van der Waals surface area contributed by atoms with Gasteiger partial charge in [0.15, 0.2) is 11.5 Å². The van der Waals surface area contributed by atoms with Crippen LogP contribution >= 0.6 is 0 Å². The zero-order valence-electron chi connectivity index (χ0n) is 22.9. The van der Waals surface area contributed by atoms with Crippen LogP contribution in [0.5, 0.6) is 17.2 Å². The summed E-state index contributed by atoms with van der Waals surface area (Å²) in [6, 6.07) is 9.52. The van der Waals surface area contributed by atoms with E-state index in [1.54, 1.807) is 6.92 Å². The quantitative estimate of drug-likeness (QED) is 0.225. The second-order valence-corrected chi connectivity index (χ2v) is 10.1. The predicted molar refractivity (Wildman–Crippen MR) is 144 cm³/mol. The van der Waals surface area contributed by atoms with Crippen LogP contribution in [-0.2, 0) is 11.1 Å². The van der Waals surface area contributed by atoms with E-state index >= 15 is 0 Å². The summed E-state index contributed by atoms with van der Waals surface area (Å²) in [5.74, 6) is -1.65. The summed E-state index contributed by atoms with van der Waals surface area (Å²) < 4.78 is 67.9.